The van der Waals surface area contributed by atoms with E-state index >= 15 is 0 Å². The van der Waals surface area contributed by atoms with Gasteiger partial charge in [-0.1, -0.05) is 15.9 Å². The zero-order valence-electron chi connectivity index (χ0n) is 9.46. The van der Waals surface area contributed by atoms with Crippen LogP contribution < -0.4 is 0 Å². The Bertz CT molecular complexity index is 117. The first-order valence-corrected chi connectivity index (χ1v) is 6.16. The maximum Gasteiger partial charge on any atom is 0.0615 e. The number of nitrogens with zero attached hydrogens (tertiary/aromatic N) is 1. The van der Waals surface area contributed by atoms with Crippen LogP contribution in [0.4, 0.5) is 0 Å². The third-order valence-electron chi connectivity index (χ3n) is 2.19. The normalized spacial score (nSPS) is 13.5. The van der Waals surface area contributed by atoms with Gasteiger partial charge in [0.25, 0.3) is 0 Å². The Morgan fingerprint density at radius 2 is 1.93 bits per heavy atom. The lowest BCUT2D eigenvalue weighted by molar-refractivity contribution is 0.0754. The first kappa shape index (κ1) is 14.4. The largest absolute Gasteiger partial charge is 0.383 e. The van der Waals surface area contributed by atoms with Crippen LogP contribution in [0.2, 0.25) is 0 Å². The summed E-state index contributed by atoms with van der Waals surface area (Å²) in [5.74, 6) is 0. The molecular formula is C10H22BrNO2. The summed E-state index contributed by atoms with van der Waals surface area (Å²) in [6.07, 6.45) is 1.16. The molecule has 0 bridgehead atoms. The molecule has 0 saturated carbocycles. The number of ether oxygens (including phenoxy) is 2. The number of hydrogen-bond acceptors (Lipinski definition) is 3. The van der Waals surface area contributed by atoms with Crippen molar-refractivity contribution >= 4 is 15.9 Å². The third kappa shape index (κ3) is 6.76. The Morgan fingerprint density at radius 3 is 2.43 bits per heavy atom. The Morgan fingerprint density at radius 1 is 1.21 bits per heavy atom. The summed E-state index contributed by atoms with van der Waals surface area (Å²) >= 11 is 3.44. The number of rotatable bonds is 9. The van der Waals surface area contributed by atoms with Gasteiger partial charge in [0.15, 0.2) is 0 Å². The summed E-state index contributed by atoms with van der Waals surface area (Å²) < 4.78 is 10.2. The van der Waals surface area contributed by atoms with Gasteiger partial charge in [-0.2, -0.15) is 0 Å². The Labute approximate surface area is 95.9 Å². The predicted molar refractivity (Wildman–Crippen MR) is 63.2 cm³/mol. The van der Waals surface area contributed by atoms with Crippen molar-refractivity contribution in [3.63, 3.8) is 0 Å². The van der Waals surface area contributed by atoms with Crippen molar-refractivity contribution in [2.45, 2.75) is 19.4 Å². The molecule has 0 rings (SSSR count). The van der Waals surface area contributed by atoms with E-state index in [9.17, 15) is 0 Å². The van der Waals surface area contributed by atoms with Crippen LogP contribution in [0.25, 0.3) is 0 Å². The fourth-order valence-corrected chi connectivity index (χ4v) is 1.62. The second-order valence-corrected chi connectivity index (χ2v) is 4.17. The zero-order chi connectivity index (χ0) is 10.8. The molecule has 0 aliphatic heterocycles. The summed E-state index contributed by atoms with van der Waals surface area (Å²) in [7, 11) is 3.49. The van der Waals surface area contributed by atoms with E-state index in [1.807, 2.05) is 0 Å². The van der Waals surface area contributed by atoms with E-state index in [-0.39, 0.29) is 0 Å². The van der Waals surface area contributed by atoms with Gasteiger partial charge in [-0.25, -0.2) is 0 Å². The lowest BCUT2D eigenvalue weighted by Crippen LogP contribution is -2.39. The highest BCUT2D eigenvalue weighted by atomic mass is 79.9. The van der Waals surface area contributed by atoms with Crippen molar-refractivity contribution < 1.29 is 9.47 Å². The molecule has 0 heterocycles. The van der Waals surface area contributed by atoms with E-state index in [1.54, 1.807) is 14.2 Å². The van der Waals surface area contributed by atoms with Gasteiger partial charge in [0.1, 0.15) is 0 Å². The van der Waals surface area contributed by atoms with Crippen LogP contribution in [0.1, 0.15) is 13.3 Å². The highest BCUT2D eigenvalue weighted by Crippen LogP contribution is 2.02. The van der Waals surface area contributed by atoms with Gasteiger partial charge in [0.05, 0.1) is 13.2 Å². The van der Waals surface area contributed by atoms with Crippen molar-refractivity contribution in [1.82, 2.24) is 4.90 Å². The molecule has 4 heteroatoms. The molecule has 0 spiro atoms. The number of halogens is 1. The predicted octanol–water partition coefficient (Wildman–Crippen LogP) is 1.75. The highest BCUT2D eigenvalue weighted by molar-refractivity contribution is 9.09. The lowest BCUT2D eigenvalue weighted by atomic mass is 10.2. The quantitative estimate of drug-likeness (QED) is 0.595. The smallest absolute Gasteiger partial charge is 0.0615 e. The van der Waals surface area contributed by atoms with Gasteiger partial charge < -0.3 is 9.47 Å². The van der Waals surface area contributed by atoms with Crippen LogP contribution in [0.15, 0.2) is 0 Å². The van der Waals surface area contributed by atoms with Crippen LogP contribution in [0, 0.1) is 0 Å². The Hall–Kier alpha value is 0.360. The zero-order valence-corrected chi connectivity index (χ0v) is 11.0. The summed E-state index contributed by atoms with van der Waals surface area (Å²) in [5, 5.41) is 1.05. The van der Waals surface area contributed by atoms with Crippen LogP contribution in [-0.2, 0) is 9.47 Å². The molecule has 0 amide bonds. The molecule has 0 N–H and O–H groups in total. The molecule has 0 aliphatic carbocycles. The van der Waals surface area contributed by atoms with Crippen LogP contribution in [0.3, 0.4) is 0 Å². The fraction of sp³-hybridized carbons (Fsp3) is 1.00. The van der Waals surface area contributed by atoms with Crippen molar-refractivity contribution in [3.05, 3.63) is 0 Å². The summed E-state index contributed by atoms with van der Waals surface area (Å²) in [6, 6.07) is 0.467. The topological polar surface area (TPSA) is 21.7 Å². The fourth-order valence-electron chi connectivity index (χ4n) is 1.37. The SMILES string of the molecule is COCCN(CCCBr)C(C)COC. The van der Waals surface area contributed by atoms with E-state index in [4.69, 9.17) is 9.47 Å². The van der Waals surface area contributed by atoms with Gasteiger partial charge in [0.2, 0.25) is 0 Å². The van der Waals surface area contributed by atoms with Gasteiger partial charge in [-0.05, 0) is 19.9 Å². The average Bonchev–Trinajstić information content (AvgIpc) is 2.18. The minimum absolute atomic E-state index is 0.467. The molecule has 0 aromatic heterocycles. The molecule has 1 atom stereocenters. The van der Waals surface area contributed by atoms with Gasteiger partial charge >= 0.3 is 0 Å². The molecule has 14 heavy (non-hydrogen) atoms. The molecule has 0 fully saturated rings. The molecule has 0 radical (unpaired) electrons. The Balaban J connectivity index is 3.81. The summed E-state index contributed by atoms with van der Waals surface area (Å²) in [4.78, 5) is 2.40. The number of alkyl halides is 1. The van der Waals surface area contributed by atoms with Gasteiger partial charge in [-0.3, -0.25) is 4.90 Å². The molecular weight excluding hydrogens is 246 g/mol. The maximum absolute atomic E-state index is 5.15. The Kier molecular flexibility index (Phi) is 10.2. The van der Waals surface area contributed by atoms with E-state index in [1.165, 1.54) is 0 Å². The third-order valence-corrected chi connectivity index (χ3v) is 2.75. The number of methoxy groups -OCH3 is 2. The molecule has 3 nitrogen and oxygen atoms in total. The van der Waals surface area contributed by atoms with E-state index < -0.39 is 0 Å². The first-order valence-electron chi connectivity index (χ1n) is 5.04. The average molecular weight is 268 g/mol. The van der Waals surface area contributed by atoms with Crippen molar-refractivity contribution in [3.8, 4) is 0 Å². The standard InChI is InChI=1S/C10H22BrNO2/c1-10(9-14-3)12(6-4-5-11)7-8-13-2/h10H,4-9H2,1-3H3. The molecule has 0 saturated heterocycles. The monoisotopic (exact) mass is 267 g/mol. The second-order valence-electron chi connectivity index (χ2n) is 3.38. The second kappa shape index (κ2) is 9.90. The van der Waals surface area contributed by atoms with Gasteiger partial charge in [0, 0.05) is 32.1 Å². The summed E-state index contributed by atoms with van der Waals surface area (Å²) in [5.41, 5.74) is 0. The first-order chi connectivity index (χ1) is 6.76. The van der Waals surface area contributed by atoms with Crippen LogP contribution >= 0.6 is 15.9 Å². The molecule has 0 aliphatic rings. The molecule has 0 aromatic rings. The molecule has 1 unspecified atom stereocenters. The highest BCUT2D eigenvalue weighted by Gasteiger charge is 2.12. The van der Waals surface area contributed by atoms with Crippen LogP contribution in [-0.4, -0.2) is 56.8 Å². The van der Waals surface area contributed by atoms with Crippen molar-refractivity contribution in [2.75, 3.05) is 45.9 Å². The van der Waals surface area contributed by atoms with Crippen LogP contribution in [0.5, 0.6) is 0 Å². The van der Waals surface area contributed by atoms with E-state index in [2.05, 4.69) is 27.8 Å². The maximum atomic E-state index is 5.15. The summed E-state index contributed by atoms with van der Waals surface area (Å²) in [6.45, 7) is 5.84. The lowest BCUT2D eigenvalue weighted by Gasteiger charge is -2.28. The molecule has 0 aromatic carbocycles. The minimum atomic E-state index is 0.467. The van der Waals surface area contributed by atoms with Gasteiger partial charge in [-0.15, -0.1) is 0 Å². The van der Waals surface area contributed by atoms with Crippen molar-refractivity contribution in [1.29, 1.82) is 0 Å². The van der Waals surface area contributed by atoms with E-state index in [0.717, 1.165) is 38.1 Å². The van der Waals surface area contributed by atoms with E-state index in [0.29, 0.717) is 6.04 Å². The number of hydrogen-bond donors (Lipinski definition) is 0. The molecule has 86 valence electrons. The van der Waals surface area contributed by atoms with Crippen molar-refractivity contribution in [2.24, 2.45) is 0 Å². The minimum Gasteiger partial charge on any atom is -0.383 e.